The number of nitrogens with one attached hydrogen (secondary N) is 1. The van der Waals surface area contributed by atoms with Gasteiger partial charge < -0.3 is 15.8 Å². The smallest absolute Gasteiger partial charge is 0.235 e. The van der Waals surface area contributed by atoms with Crippen LogP contribution < -0.4 is 15.8 Å². The van der Waals surface area contributed by atoms with E-state index < -0.39 is 5.41 Å². The summed E-state index contributed by atoms with van der Waals surface area (Å²) in [6, 6.07) is 15.2. The van der Waals surface area contributed by atoms with E-state index in [1.54, 1.807) is 25.3 Å². The maximum atomic E-state index is 13.0. The quantitative estimate of drug-likeness (QED) is 0.760. The topological polar surface area (TPSA) is 64.3 Å². The van der Waals surface area contributed by atoms with E-state index in [4.69, 9.17) is 10.5 Å². The van der Waals surface area contributed by atoms with Crippen LogP contribution in [0.1, 0.15) is 32.3 Å². The zero-order valence-electron chi connectivity index (χ0n) is 14.3. The number of carbonyl (C=O) groups excluding carboxylic acids is 1. The van der Waals surface area contributed by atoms with Crippen LogP contribution in [0.2, 0.25) is 0 Å². The zero-order valence-corrected chi connectivity index (χ0v) is 15.2. The second kappa shape index (κ2) is 8.60. The molecule has 0 aliphatic carbocycles. The van der Waals surface area contributed by atoms with Crippen molar-refractivity contribution in [2.45, 2.75) is 32.1 Å². The Hall–Kier alpha value is -2.20. The van der Waals surface area contributed by atoms with Crippen molar-refractivity contribution >= 4 is 29.7 Å². The molecule has 0 aliphatic rings. The summed E-state index contributed by atoms with van der Waals surface area (Å²) in [6.07, 6.45) is 1.45. The minimum atomic E-state index is -0.546. The molecule has 4 nitrogen and oxygen atoms in total. The summed E-state index contributed by atoms with van der Waals surface area (Å²) in [4.78, 5) is 13.0. The number of methoxy groups -OCH3 is 1. The van der Waals surface area contributed by atoms with Crippen molar-refractivity contribution < 1.29 is 9.53 Å². The average Bonchev–Trinajstić information content (AvgIpc) is 2.58. The molecule has 130 valence electrons. The minimum Gasteiger partial charge on any atom is -0.495 e. The highest BCUT2D eigenvalue weighted by Crippen LogP contribution is 2.34. The predicted octanol–water partition coefficient (Wildman–Crippen LogP) is 4.40. The summed E-state index contributed by atoms with van der Waals surface area (Å²) in [5, 5.41) is 3.00. The molecule has 2 rings (SSSR count). The number of anilines is 2. The lowest BCUT2D eigenvalue weighted by Gasteiger charge is -2.31. The molecular weight excluding hydrogens is 324 g/mol. The van der Waals surface area contributed by atoms with Crippen molar-refractivity contribution in [2.75, 3.05) is 18.2 Å². The lowest BCUT2D eigenvalue weighted by molar-refractivity contribution is -0.121. The maximum Gasteiger partial charge on any atom is 0.235 e. The molecule has 0 saturated heterocycles. The third-order valence-electron chi connectivity index (χ3n) is 4.46. The van der Waals surface area contributed by atoms with Gasteiger partial charge in [0.25, 0.3) is 0 Å². The number of hydrogen-bond donors (Lipinski definition) is 2. The Bertz CT molecular complexity index is 670. The predicted molar refractivity (Wildman–Crippen MR) is 102 cm³/mol. The number of rotatable bonds is 6. The van der Waals surface area contributed by atoms with Crippen LogP contribution in [0.5, 0.6) is 5.75 Å². The molecule has 1 amide bonds. The fourth-order valence-corrected chi connectivity index (χ4v) is 2.93. The van der Waals surface area contributed by atoms with Crippen molar-refractivity contribution in [1.29, 1.82) is 0 Å². The minimum absolute atomic E-state index is 0. The Morgan fingerprint density at radius 1 is 1.12 bits per heavy atom. The number of nitrogens with two attached hydrogens (primary N) is 1. The maximum absolute atomic E-state index is 13.0. The molecule has 0 spiro atoms. The van der Waals surface area contributed by atoms with Crippen molar-refractivity contribution in [3.8, 4) is 5.75 Å². The van der Waals surface area contributed by atoms with E-state index in [-0.39, 0.29) is 18.3 Å². The van der Waals surface area contributed by atoms with E-state index in [1.807, 2.05) is 44.2 Å². The van der Waals surface area contributed by atoms with Crippen LogP contribution in [0.25, 0.3) is 0 Å². The van der Waals surface area contributed by atoms with Gasteiger partial charge in [-0.1, -0.05) is 44.2 Å². The Kier molecular flexibility index (Phi) is 7.11. The van der Waals surface area contributed by atoms with Gasteiger partial charge in [-0.15, -0.1) is 12.4 Å². The van der Waals surface area contributed by atoms with Gasteiger partial charge in [0, 0.05) is 5.69 Å². The molecule has 0 radical (unpaired) electrons. The molecule has 0 aromatic heterocycles. The number of halogens is 1. The van der Waals surface area contributed by atoms with E-state index >= 15 is 0 Å². The third-order valence-corrected chi connectivity index (χ3v) is 4.46. The second-order valence-electron chi connectivity index (χ2n) is 5.57. The van der Waals surface area contributed by atoms with E-state index in [0.717, 1.165) is 18.4 Å². The standard InChI is InChI=1S/C19H24N2O2.ClH/c1-4-19(5-2,14-9-7-6-8-10-14)18(22)21-15-11-12-17(23-3)16(20)13-15;/h6-13H,4-5,20H2,1-3H3,(H,21,22);1H. The van der Waals surface area contributed by atoms with Crippen LogP contribution in [-0.4, -0.2) is 13.0 Å². The highest BCUT2D eigenvalue weighted by Gasteiger charge is 2.36. The molecule has 2 aromatic rings. The summed E-state index contributed by atoms with van der Waals surface area (Å²) in [5.74, 6) is 0.585. The van der Waals surface area contributed by atoms with Crippen molar-refractivity contribution in [1.82, 2.24) is 0 Å². The van der Waals surface area contributed by atoms with Gasteiger partial charge in [0.1, 0.15) is 5.75 Å². The van der Waals surface area contributed by atoms with Gasteiger partial charge in [0.15, 0.2) is 0 Å². The highest BCUT2D eigenvalue weighted by molar-refractivity contribution is 5.99. The SMILES string of the molecule is CCC(CC)(C(=O)Nc1ccc(OC)c(N)c1)c1ccccc1.Cl. The Balaban J connectivity index is 0.00000288. The normalized spacial score (nSPS) is 10.6. The largest absolute Gasteiger partial charge is 0.495 e. The fourth-order valence-electron chi connectivity index (χ4n) is 2.93. The first-order valence-electron chi connectivity index (χ1n) is 7.88. The van der Waals surface area contributed by atoms with Gasteiger partial charge in [-0.05, 0) is 36.6 Å². The Morgan fingerprint density at radius 2 is 1.75 bits per heavy atom. The number of carbonyl (C=O) groups is 1. The summed E-state index contributed by atoms with van der Waals surface area (Å²) in [7, 11) is 1.57. The molecule has 5 heteroatoms. The number of amides is 1. The average molecular weight is 349 g/mol. The summed E-state index contributed by atoms with van der Waals surface area (Å²) >= 11 is 0. The van der Waals surface area contributed by atoms with E-state index in [9.17, 15) is 4.79 Å². The molecule has 0 heterocycles. The van der Waals surface area contributed by atoms with Crippen LogP contribution in [0.15, 0.2) is 48.5 Å². The molecular formula is C19H25ClN2O2. The summed E-state index contributed by atoms with van der Waals surface area (Å²) in [6.45, 7) is 4.08. The van der Waals surface area contributed by atoms with Crippen LogP contribution in [0.3, 0.4) is 0 Å². The summed E-state index contributed by atoms with van der Waals surface area (Å²) in [5.41, 5.74) is 7.58. The molecule has 2 aromatic carbocycles. The van der Waals surface area contributed by atoms with Gasteiger partial charge >= 0.3 is 0 Å². The van der Waals surface area contributed by atoms with Crippen LogP contribution in [-0.2, 0) is 10.2 Å². The Labute approximate surface area is 149 Å². The molecule has 0 unspecified atom stereocenters. The number of nitrogen functional groups attached to an aromatic ring is 1. The monoisotopic (exact) mass is 348 g/mol. The third kappa shape index (κ3) is 3.82. The second-order valence-corrected chi connectivity index (χ2v) is 5.57. The van der Waals surface area contributed by atoms with Gasteiger partial charge in [0.2, 0.25) is 5.91 Å². The first-order chi connectivity index (χ1) is 11.1. The van der Waals surface area contributed by atoms with E-state index in [0.29, 0.717) is 17.1 Å². The molecule has 0 bridgehead atoms. The highest BCUT2D eigenvalue weighted by atomic mass is 35.5. The molecule has 0 saturated carbocycles. The number of benzene rings is 2. The lowest BCUT2D eigenvalue weighted by atomic mass is 9.75. The molecule has 0 aliphatic heterocycles. The lowest BCUT2D eigenvalue weighted by Crippen LogP contribution is -2.39. The van der Waals surface area contributed by atoms with Gasteiger partial charge in [-0.25, -0.2) is 0 Å². The molecule has 0 atom stereocenters. The molecule has 24 heavy (non-hydrogen) atoms. The first kappa shape index (κ1) is 19.8. The first-order valence-corrected chi connectivity index (χ1v) is 7.88. The van der Waals surface area contributed by atoms with Gasteiger partial charge in [-0.3, -0.25) is 4.79 Å². The van der Waals surface area contributed by atoms with E-state index in [1.165, 1.54) is 0 Å². The van der Waals surface area contributed by atoms with Crippen LogP contribution >= 0.6 is 12.4 Å². The van der Waals surface area contributed by atoms with Crippen molar-refractivity contribution in [3.05, 3.63) is 54.1 Å². The number of ether oxygens (including phenoxy) is 1. The van der Waals surface area contributed by atoms with Crippen LogP contribution in [0.4, 0.5) is 11.4 Å². The van der Waals surface area contributed by atoms with Crippen LogP contribution in [0, 0.1) is 0 Å². The zero-order chi connectivity index (χ0) is 16.9. The Morgan fingerprint density at radius 3 is 2.25 bits per heavy atom. The fraction of sp³-hybridized carbons (Fsp3) is 0.316. The molecule has 0 fully saturated rings. The van der Waals surface area contributed by atoms with Gasteiger partial charge in [-0.2, -0.15) is 0 Å². The molecule has 3 N–H and O–H groups in total. The van der Waals surface area contributed by atoms with E-state index in [2.05, 4.69) is 5.32 Å². The van der Waals surface area contributed by atoms with Gasteiger partial charge in [0.05, 0.1) is 18.2 Å². The van der Waals surface area contributed by atoms with Crippen molar-refractivity contribution in [2.24, 2.45) is 0 Å². The summed E-state index contributed by atoms with van der Waals surface area (Å²) < 4.78 is 5.15. The van der Waals surface area contributed by atoms with Crippen molar-refractivity contribution in [3.63, 3.8) is 0 Å². The number of hydrogen-bond acceptors (Lipinski definition) is 3.